The number of carbonyl (C=O) groups is 5. The lowest BCUT2D eigenvalue weighted by molar-refractivity contribution is -0.125. The first-order valence-electron chi connectivity index (χ1n) is 17.3. The third-order valence-corrected chi connectivity index (χ3v) is 6.93. The molecule has 2 aliphatic rings. The van der Waals surface area contributed by atoms with Crippen LogP contribution >= 0.6 is 0 Å². The van der Waals surface area contributed by atoms with Gasteiger partial charge in [0, 0.05) is 56.4 Å². The molecule has 1 amide bonds. The number of piperidine rings is 2. The highest BCUT2D eigenvalue weighted by atomic mass is 16.8. The summed E-state index contributed by atoms with van der Waals surface area (Å²) >= 11 is 0. The third-order valence-electron chi connectivity index (χ3n) is 6.93. The molecule has 1 aromatic carbocycles. The van der Waals surface area contributed by atoms with Crippen molar-refractivity contribution in [3.63, 3.8) is 0 Å². The fraction of sp³-hybridized carbons (Fsp3) is 0.711. The van der Waals surface area contributed by atoms with E-state index in [1.807, 2.05) is 54.5 Å². The molecule has 4 atom stereocenters. The molecule has 0 saturated carbocycles. The van der Waals surface area contributed by atoms with Crippen molar-refractivity contribution in [3.8, 4) is 0 Å². The Morgan fingerprint density at radius 2 is 0.959 bits per heavy atom. The summed E-state index contributed by atoms with van der Waals surface area (Å²) in [4.78, 5) is 60.9. The average Bonchev–Trinajstić information content (AvgIpc) is 2.89. The fourth-order valence-electron chi connectivity index (χ4n) is 5.17. The van der Waals surface area contributed by atoms with Crippen molar-refractivity contribution < 1.29 is 42.9 Å². The predicted molar refractivity (Wildman–Crippen MR) is 191 cm³/mol. The molecule has 2 heterocycles. The van der Waals surface area contributed by atoms with Gasteiger partial charge < -0.3 is 23.8 Å². The highest BCUT2D eigenvalue weighted by Crippen LogP contribution is 2.24. The Morgan fingerprint density at radius 1 is 0.612 bits per heavy atom. The van der Waals surface area contributed by atoms with Crippen LogP contribution in [0.1, 0.15) is 135 Å². The number of hydrogen-bond acceptors (Lipinski definition) is 10. The highest BCUT2D eigenvalue weighted by molar-refractivity contribution is 5.83. The van der Waals surface area contributed by atoms with Crippen molar-refractivity contribution in [2.75, 3.05) is 0 Å². The number of ketones is 2. The molecule has 2 saturated heterocycles. The van der Waals surface area contributed by atoms with Crippen LogP contribution in [0.2, 0.25) is 0 Å². The standard InChI is InChI=1S/C14H19NO.C12H21NO3.C10H18O5.C2H6/c1-11-8-14(16)9-12(2)15(11)10-13-6-4-3-5-7-13;1-8-6-10(14)7-9(2)13(8)11(15)16-12(3,4)5;1-9(2,3)14-7(11)13-8(12)15-10(4,5)6;1-2/h3-7,11-12H,8-10H2,1-2H3;8-9H,6-7H2,1-5H3;1-6H3;1-2H3. The smallest absolute Gasteiger partial charge is 0.444 e. The van der Waals surface area contributed by atoms with E-state index >= 15 is 0 Å². The summed E-state index contributed by atoms with van der Waals surface area (Å²) in [6, 6.07) is 11.1. The molecule has 49 heavy (non-hydrogen) atoms. The molecule has 2 fully saturated rings. The number of ether oxygens (including phenoxy) is 4. The van der Waals surface area contributed by atoms with E-state index in [1.54, 1.807) is 46.4 Å². The molecule has 11 nitrogen and oxygen atoms in total. The molecular weight excluding hydrogens is 628 g/mol. The van der Waals surface area contributed by atoms with Crippen LogP contribution in [0.25, 0.3) is 0 Å². The Morgan fingerprint density at radius 3 is 1.31 bits per heavy atom. The Kier molecular flexibility index (Phi) is 18.8. The van der Waals surface area contributed by atoms with Crippen LogP contribution in [0.5, 0.6) is 0 Å². The maximum absolute atomic E-state index is 11.9. The Hall–Kier alpha value is -3.47. The Labute approximate surface area is 295 Å². The SMILES string of the molecule is CC.CC(C)(C)OC(=O)OC(=O)OC(C)(C)C.CC1CC(=O)CC(C)N1C(=O)OC(C)(C)C.CC1CC(=O)CC(C)N1Cc1ccccc1. The quantitative estimate of drug-likeness (QED) is 0.168. The van der Waals surface area contributed by atoms with Crippen molar-refractivity contribution in [2.45, 2.75) is 177 Å². The van der Waals surface area contributed by atoms with E-state index in [0.29, 0.717) is 43.6 Å². The second-order valence-electron chi connectivity index (χ2n) is 15.4. The van der Waals surface area contributed by atoms with E-state index in [-0.39, 0.29) is 24.0 Å². The summed E-state index contributed by atoms with van der Waals surface area (Å²) in [7, 11) is 0. The van der Waals surface area contributed by atoms with Crippen molar-refractivity contribution in [1.82, 2.24) is 9.80 Å². The molecule has 11 heteroatoms. The Bertz CT molecular complexity index is 1140. The van der Waals surface area contributed by atoms with Crippen LogP contribution < -0.4 is 0 Å². The minimum Gasteiger partial charge on any atom is -0.444 e. The molecule has 1 aromatic rings. The second kappa shape index (κ2) is 20.3. The Balaban J connectivity index is 0.000000688. The molecule has 0 N–H and O–H groups in total. The van der Waals surface area contributed by atoms with Gasteiger partial charge in [-0.15, -0.1) is 0 Å². The van der Waals surface area contributed by atoms with E-state index < -0.39 is 29.1 Å². The van der Waals surface area contributed by atoms with Gasteiger partial charge in [0.2, 0.25) is 0 Å². The minimum atomic E-state index is -1.06. The number of carbonyl (C=O) groups excluding carboxylic acids is 5. The van der Waals surface area contributed by atoms with Gasteiger partial charge in [0.25, 0.3) is 0 Å². The van der Waals surface area contributed by atoms with Gasteiger partial charge in [-0.2, -0.15) is 0 Å². The van der Waals surface area contributed by atoms with Crippen LogP contribution in [0.3, 0.4) is 0 Å². The number of nitrogens with zero attached hydrogens (tertiary/aromatic N) is 2. The fourth-order valence-corrected chi connectivity index (χ4v) is 5.17. The molecule has 0 bridgehead atoms. The zero-order valence-corrected chi connectivity index (χ0v) is 32.8. The third kappa shape index (κ3) is 20.0. The van der Waals surface area contributed by atoms with Gasteiger partial charge in [0.05, 0.1) is 0 Å². The van der Waals surface area contributed by atoms with E-state index in [0.717, 1.165) is 6.54 Å². The summed E-state index contributed by atoms with van der Waals surface area (Å²) in [5, 5.41) is 0. The second-order valence-corrected chi connectivity index (χ2v) is 15.4. The summed E-state index contributed by atoms with van der Waals surface area (Å²) < 4.78 is 19.1. The van der Waals surface area contributed by atoms with Crippen LogP contribution in [0.4, 0.5) is 14.4 Å². The van der Waals surface area contributed by atoms with Gasteiger partial charge in [0.1, 0.15) is 28.4 Å². The van der Waals surface area contributed by atoms with E-state index in [4.69, 9.17) is 14.2 Å². The largest absolute Gasteiger partial charge is 0.519 e. The lowest BCUT2D eigenvalue weighted by atomic mass is 9.95. The molecule has 0 aliphatic carbocycles. The number of benzene rings is 1. The van der Waals surface area contributed by atoms with Gasteiger partial charge in [-0.1, -0.05) is 44.2 Å². The zero-order chi connectivity index (χ0) is 38.3. The lowest BCUT2D eigenvalue weighted by Gasteiger charge is -2.38. The molecule has 4 unspecified atom stereocenters. The maximum atomic E-state index is 11.9. The monoisotopic (exact) mass is 692 g/mol. The number of amides is 1. The van der Waals surface area contributed by atoms with Crippen molar-refractivity contribution >= 4 is 30.0 Å². The summed E-state index contributed by atoms with van der Waals surface area (Å²) in [5.41, 5.74) is -0.550. The van der Waals surface area contributed by atoms with E-state index in [1.165, 1.54) is 5.56 Å². The first kappa shape index (κ1) is 45.5. The van der Waals surface area contributed by atoms with Gasteiger partial charge in [-0.05, 0) is 95.6 Å². The molecular formula is C38H64N2O9. The molecule has 280 valence electrons. The van der Waals surface area contributed by atoms with Gasteiger partial charge >= 0.3 is 18.4 Å². The highest BCUT2D eigenvalue weighted by Gasteiger charge is 2.35. The topological polar surface area (TPSA) is 129 Å². The van der Waals surface area contributed by atoms with Gasteiger partial charge in [-0.3, -0.25) is 14.5 Å². The molecule has 2 aliphatic heterocycles. The van der Waals surface area contributed by atoms with Crippen molar-refractivity contribution in [2.24, 2.45) is 0 Å². The first-order chi connectivity index (χ1) is 22.4. The number of likely N-dealkylation sites (tertiary alicyclic amines) is 2. The van der Waals surface area contributed by atoms with Crippen molar-refractivity contribution in [1.29, 1.82) is 0 Å². The number of Topliss-reactive ketones (excluding diaryl/α,β-unsaturated/α-hetero) is 2. The molecule has 0 spiro atoms. The molecule has 0 radical (unpaired) electrons. The number of rotatable bonds is 2. The van der Waals surface area contributed by atoms with E-state index in [9.17, 15) is 24.0 Å². The zero-order valence-electron chi connectivity index (χ0n) is 32.8. The first-order valence-corrected chi connectivity index (χ1v) is 17.3. The predicted octanol–water partition coefficient (Wildman–Crippen LogP) is 8.89. The van der Waals surface area contributed by atoms with Crippen LogP contribution in [0.15, 0.2) is 30.3 Å². The molecule has 0 aromatic heterocycles. The summed E-state index contributed by atoms with van der Waals surface area (Å²) in [5.74, 6) is 0.629. The van der Waals surface area contributed by atoms with Crippen LogP contribution in [-0.2, 0) is 35.1 Å². The maximum Gasteiger partial charge on any atom is 0.519 e. The molecule has 3 rings (SSSR count). The normalized spacial score (nSPS) is 21.3. The minimum absolute atomic E-state index is 0.0638. The summed E-state index contributed by atoms with van der Waals surface area (Å²) in [6.07, 6.45) is -0.157. The van der Waals surface area contributed by atoms with Crippen molar-refractivity contribution in [3.05, 3.63) is 35.9 Å². The number of hydrogen-bond donors (Lipinski definition) is 0. The van der Waals surface area contributed by atoms with Gasteiger partial charge in [-0.25, -0.2) is 14.4 Å². The lowest BCUT2D eigenvalue weighted by Crippen LogP contribution is -2.51. The van der Waals surface area contributed by atoms with E-state index in [2.05, 4.69) is 47.7 Å². The van der Waals surface area contributed by atoms with Crippen LogP contribution in [0, 0.1) is 0 Å². The summed E-state index contributed by atoms with van der Waals surface area (Å²) in [6.45, 7) is 28.6. The van der Waals surface area contributed by atoms with Crippen LogP contribution in [-0.4, -0.2) is 80.7 Å². The van der Waals surface area contributed by atoms with Gasteiger partial charge in [0.15, 0.2) is 0 Å². The average molecular weight is 693 g/mol.